The van der Waals surface area contributed by atoms with Crippen LogP contribution in [0.4, 0.5) is 10.6 Å². The van der Waals surface area contributed by atoms with Gasteiger partial charge in [0.25, 0.3) is 0 Å². The van der Waals surface area contributed by atoms with E-state index >= 15 is 0 Å². The Bertz CT molecular complexity index is 846. The van der Waals surface area contributed by atoms with Crippen molar-refractivity contribution in [3.8, 4) is 0 Å². The summed E-state index contributed by atoms with van der Waals surface area (Å²) >= 11 is 3.38. The second-order valence-corrected chi connectivity index (χ2v) is 7.03. The van der Waals surface area contributed by atoms with Crippen LogP contribution in [0.1, 0.15) is 32.4 Å². The topological polar surface area (TPSA) is 80.6 Å². The van der Waals surface area contributed by atoms with E-state index in [4.69, 9.17) is 4.74 Å². The molecule has 4 rings (SSSR count). The van der Waals surface area contributed by atoms with Crippen LogP contribution >= 0.6 is 15.9 Å². The van der Waals surface area contributed by atoms with Crippen molar-refractivity contribution in [3.63, 3.8) is 0 Å². The molecule has 8 nitrogen and oxygen atoms in total. The monoisotopic (exact) mass is 407 g/mol. The van der Waals surface area contributed by atoms with Gasteiger partial charge >= 0.3 is 6.03 Å². The molecule has 3 amide bonds. The number of pyridine rings is 1. The second kappa shape index (κ2) is 6.38. The molecule has 0 bridgehead atoms. The zero-order chi connectivity index (χ0) is 17.6. The third kappa shape index (κ3) is 2.81. The molecule has 2 saturated heterocycles. The molecule has 0 aliphatic carbocycles. The Morgan fingerprint density at radius 1 is 1.36 bits per heavy atom. The van der Waals surface area contributed by atoms with Crippen LogP contribution in [-0.4, -0.2) is 51.3 Å². The van der Waals surface area contributed by atoms with Crippen LogP contribution in [0.3, 0.4) is 0 Å². The van der Waals surface area contributed by atoms with E-state index in [1.165, 1.54) is 11.8 Å². The molecule has 4 heterocycles. The summed E-state index contributed by atoms with van der Waals surface area (Å²) in [5, 5.41) is 5.49. The standard InChI is InChI=1S/C16H18BrN5O3/c1-10(23)20-5-6-21(16(20)24)15-11-8-13(17)18-9-12(11)22(19-15)14-4-2-3-7-25-14/h8-9,14H,2-7H2,1H3. The molecule has 9 heteroatoms. The second-order valence-electron chi connectivity index (χ2n) is 6.22. The maximum Gasteiger partial charge on any atom is 0.332 e. The maximum atomic E-state index is 12.6. The van der Waals surface area contributed by atoms with Crippen LogP contribution in [0.25, 0.3) is 10.9 Å². The van der Waals surface area contributed by atoms with Crippen LogP contribution in [0.15, 0.2) is 16.9 Å². The molecular weight excluding hydrogens is 390 g/mol. The van der Waals surface area contributed by atoms with Gasteiger partial charge in [0, 0.05) is 32.0 Å². The molecule has 2 aliphatic heterocycles. The number of carbonyl (C=O) groups excluding carboxylic acids is 2. The number of imide groups is 1. The summed E-state index contributed by atoms with van der Waals surface area (Å²) in [5.41, 5.74) is 0.819. The number of hydrogen-bond acceptors (Lipinski definition) is 5. The molecule has 2 aliphatic rings. The van der Waals surface area contributed by atoms with Crippen LogP contribution in [0.5, 0.6) is 0 Å². The number of urea groups is 1. The lowest BCUT2D eigenvalue weighted by atomic mass is 10.2. The molecule has 0 N–H and O–H groups in total. The minimum Gasteiger partial charge on any atom is -0.356 e. The molecule has 0 spiro atoms. The number of rotatable bonds is 2. The Kier molecular flexibility index (Phi) is 4.20. The number of ether oxygens (including phenoxy) is 1. The Morgan fingerprint density at radius 3 is 2.88 bits per heavy atom. The molecule has 2 aromatic heterocycles. The van der Waals surface area contributed by atoms with Crippen molar-refractivity contribution >= 4 is 44.6 Å². The predicted octanol–water partition coefficient (Wildman–Crippen LogP) is 2.68. The third-order valence-electron chi connectivity index (χ3n) is 4.61. The molecule has 132 valence electrons. The van der Waals surface area contributed by atoms with Crippen molar-refractivity contribution < 1.29 is 14.3 Å². The van der Waals surface area contributed by atoms with Gasteiger partial charge in [0.15, 0.2) is 12.0 Å². The van der Waals surface area contributed by atoms with Gasteiger partial charge in [-0.15, -0.1) is 0 Å². The van der Waals surface area contributed by atoms with Gasteiger partial charge in [-0.3, -0.25) is 14.6 Å². The lowest BCUT2D eigenvalue weighted by Gasteiger charge is -2.23. The molecular formula is C16H18BrN5O3. The van der Waals surface area contributed by atoms with E-state index < -0.39 is 0 Å². The highest BCUT2D eigenvalue weighted by Gasteiger charge is 2.35. The highest BCUT2D eigenvalue weighted by molar-refractivity contribution is 9.10. The first-order chi connectivity index (χ1) is 12.1. The van der Waals surface area contributed by atoms with Crippen molar-refractivity contribution in [2.45, 2.75) is 32.4 Å². The van der Waals surface area contributed by atoms with Gasteiger partial charge in [0.05, 0.1) is 11.7 Å². The van der Waals surface area contributed by atoms with Gasteiger partial charge in [-0.1, -0.05) is 0 Å². The molecule has 1 atom stereocenters. The van der Waals surface area contributed by atoms with Crippen molar-refractivity contribution in [3.05, 3.63) is 16.9 Å². The van der Waals surface area contributed by atoms with Crippen molar-refractivity contribution in [2.24, 2.45) is 0 Å². The van der Waals surface area contributed by atoms with Crippen LogP contribution in [0.2, 0.25) is 0 Å². The number of anilines is 1. The number of nitrogens with zero attached hydrogens (tertiary/aromatic N) is 5. The van der Waals surface area contributed by atoms with Crippen LogP contribution in [-0.2, 0) is 9.53 Å². The minimum absolute atomic E-state index is 0.158. The molecule has 0 saturated carbocycles. The van der Waals surface area contributed by atoms with Gasteiger partial charge in [-0.2, -0.15) is 5.10 Å². The van der Waals surface area contributed by atoms with Gasteiger partial charge in [-0.25, -0.2) is 14.5 Å². The number of halogens is 1. The largest absolute Gasteiger partial charge is 0.356 e. The highest BCUT2D eigenvalue weighted by atomic mass is 79.9. The van der Waals surface area contributed by atoms with E-state index in [1.807, 2.05) is 10.7 Å². The number of hydrogen-bond donors (Lipinski definition) is 0. The number of amides is 3. The predicted molar refractivity (Wildman–Crippen MR) is 94.2 cm³/mol. The summed E-state index contributed by atoms with van der Waals surface area (Å²) < 4.78 is 8.34. The molecule has 2 fully saturated rings. The first kappa shape index (κ1) is 16.5. The average Bonchev–Trinajstić information content (AvgIpc) is 3.16. The summed E-state index contributed by atoms with van der Waals surface area (Å²) in [6.07, 6.45) is 4.57. The number of aromatic nitrogens is 3. The van der Waals surface area contributed by atoms with E-state index in [1.54, 1.807) is 11.1 Å². The van der Waals surface area contributed by atoms with E-state index in [-0.39, 0.29) is 18.2 Å². The van der Waals surface area contributed by atoms with E-state index in [9.17, 15) is 9.59 Å². The van der Waals surface area contributed by atoms with Crippen LogP contribution < -0.4 is 4.90 Å². The smallest absolute Gasteiger partial charge is 0.332 e. The van der Waals surface area contributed by atoms with Crippen molar-refractivity contribution in [1.82, 2.24) is 19.7 Å². The summed E-state index contributed by atoms with van der Waals surface area (Å²) in [7, 11) is 0. The minimum atomic E-state index is -0.337. The summed E-state index contributed by atoms with van der Waals surface area (Å²) in [4.78, 5) is 31.3. The first-order valence-corrected chi connectivity index (χ1v) is 9.10. The fourth-order valence-corrected chi connectivity index (χ4v) is 3.69. The summed E-state index contributed by atoms with van der Waals surface area (Å²) in [6, 6.07) is 1.51. The number of carbonyl (C=O) groups is 2. The normalized spacial score (nSPS) is 21.4. The quantitative estimate of drug-likeness (QED) is 0.714. The fraction of sp³-hybridized carbons (Fsp3) is 0.500. The van der Waals surface area contributed by atoms with Gasteiger partial charge in [0.1, 0.15) is 4.60 Å². The molecule has 1 unspecified atom stereocenters. The highest BCUT2D eigenvalue weighted by Crippen LogP contribution is 2.34. The van der Waals surface area contributed by atoms with E-state index in [0.717, 1.165) is 30.2 Å². The molecule has 0 radical (unpaired) electrons. The zero-order valence-corrected chi connectivity index (χ0v) is 15.4. The molecule has 2 aromatic rings. The van der Waals surface area contributed by atoms with E-state index in [0.29, 0.717) is 30.1 Å². The van der Waals surface area contributed by atoms with E-state index in [2.05, 4.69) is 26.0 Å². The SMILES string of the molecule is CC(=O)N1CCN(c2nn(C3CCCCO3)c3cnc(Br)cc23)C1=O. The molecule has 25 heavy (non-hydrogen) atoms. The average molecular weight is 408 g/mol. The fourth-order valence-electron chi connectivity index (χ4n) is 3.36. The Morgan fingerprint density at radius 2 is 2.20 bits per heavy atom. The summed E-state index contributed by atoms with van der Waals surface area (Å²) in [6.45, 7) is 2.89. The lowest BCUT2D eigenvalue weighted by molar-refractivity contribution is -0.125. The maximum absolute atomic E-state index is 12.6. The van der Waals surface area contributed by atoms with Gasteiger partial charge in [-0.05, 0) is 41.3 Å². The molecule has 0 aromatic carbocycles. The van der Waals surface area contributed by atoms with Crippen molar-refractivity contribution in [1.29, 1.82) is 0 Å². The summed E-state index contributed by atoms with van der Waals surface area (Å²) in [5.74, 6) is 0.288. The van der Waals surface area contributed by atoms with Crippen molar-refractivity contribution in [2.75, 3.05) is 24.6 Å². The Balaban J connectivity index is 1.80. The first-order valence-electron chi connectivity index (χ1n) is 8.31. The van der Waals surface area contributed by atoms with Gasteiger partial charge in [0.2, 0.25) is 5.91 Å². The Labute approximate surface area is 152 Å². The van der Waals surface area contributed by atoms with Gasteiger partial charge < -0.3 is 4.74 Å². The zero-order valence-electron chi connectivity index (χ0n) is 13.8. The lowest BCUT2D eigenvalue weighted by Crippen LogP contribution is -2.35. The third-order valence-corrected chi connectivity index (χ3v) is 5.05. The number of fused-ring (bicyclic) bond motifs is 1. The van der Waals surface area contributed by atoms with Crippen LogP contribution in [0, 0.1) is 0 Å². The Hall–Kier alpha value is -2.00.